The van der Waals surface area contributed by atoms with Crippen LogP contribution in [0, 0.1) is 0 Å². The number of nitrogens with zero attached hydrogens (tertiary/aromatic N) is 4. The zero-order valence-corrected chi connectivity index (χ0v) is 23.1. The van der Waals surface area contributed by atoms with Gasteiger partial charge < -0.3 is 25.6 Å². The van der Waals surface area contributed by atoms with Gasteiger partial charge in [0, 0.05) is 59.7 Å². The molecule has 9 heteroatoms. The number of anilines is 5. The van der Waals surface area contributed by atoms with Crippen LogP contribution in [0.4, 0.5) is 28.4 Å². The van der Waals surface area contributed by atoms with Crippen molar-refractivity contribution in [3.8, 4) is 0 Å². The Morgan fingerprint density at radius 3 is 2.51 bits per heavy atom. The van der Waals surface area contributed by atoms with Gasteiger partial charge in [0.15, 0.2) is 0 Å². The third kappa shape index (κ3) is 7.14. The molecule has 0 bridgehead atoms. The number of aromatic nitrogens is 2. The van der Waals surface area contributed by atoms with Gasteiger partial charge in [-0.1, -0.05) is 6.58 Å². The highest BCUT2D eigenvalue weighted by Gasteiger charge is 2.13. The maximum absolute atomic E-state index is 12.8. The second kappa shape index (κ2) is 12.9. The summed E-state index contributed by atoms with van der Waals surface area (Å²) in [4.78, 5) is 27.9. The Morgan fingerprint density at radius 2 is 1.78 bits per heavy atom. The van der Waals surface area contributed by atoms with Crippen molar-refractivity contribution in [1.29, 1.82) is 0 Å². The van der Waals surface area contributed by atoms with Crippen molar-refractivity contribution in [2.24, 2.45) is 4.99 Å². The van der Waals surface area contributed by atoms with Crippen LogP contribution < -0.4 is 20.9 Å². The highest BCUT2D eigenvalue weighted by molar-refractivity contribution is 6.03. The van der Waals surface area contributed by atoms with Crippen molar-refractivity contribution in [2.75, 3.05) is 53.7 Å². The van der Waals surface area contributed by atoms with Crippen molar-refractivity contribution in [3.05, 3.63) is 103 Å². The van der Waals surface area contributed by atoms with E-state index in [-0.39, 0.29) is 5.91 Å². The van der Waals surface area contributed by atoms with E-state index in [4.69, 9.17) is 4.74 Å². The summed E-state index contributed by atoms with van der Waals surface area (Å²) in [5.41, 5.74) is 7.36. The first-order valence-corrected chi connectivity index (χ1v) is 13.4. The Bertz CT molecular complexity index is 1570. The quantitative estimate of drug-likeness (QED) is 0.164. The summed E-state index contributed by atoms with van der Waals surface area (Å²) in [6.07, 6.45) is 5.32. The summed E-state index contributed by atoms with van der Waals surface area (Å²) in [7, 11) is 0. The molecular formula is C32H33N7O2. The molecular weight excluding hydrogens is 514 g/mol. The Kier molecular flexibility index (Phi) is 8.66. The molecule has 2 aromatic heterocycles. The van der Waals surface area contributed by atoms with Gasteiger partial charge in [0.2, 0.25) is 0 Å². The summed E-state index contributed by atoms with van der Waals surface area (Å²) < 4.78 is 5.49. The van der Waals surface area contributed by atoms with Crippen LogP contribution in [0.2, 0.25) is 0 Å². The van der Waals surface area contributed by atoms with E-state index in [2.05, 4.69) is 61.2 Å². The van der Waals surface area contributed by atoms with Crippen molar-refractivity contribution >= 4 is 52.0 Å². The summed E-state index contributed by atoms with van der Waals surface area (Å²) >= 11 is 0. The number of amides is 1. The Balaban J connectivity index is 1.20. The molecule has 0 unspecified atom stereocenters. The topological polar surface area (TPSA) is 104 Å². The number of morpholine rings is 1. The Morgan fingerprint density at radius 1 is 1.02 bits per heavy atom. The van der Waals surface area contributed by atoms with Crippen molar-refractivity contribution in [3.63, 3.8) is 0 Å². The summed E-state index contributed by atoms with van der Waals surface area (Å²) in [5, 5.41) is 10.6. The number of nitrogens with one attached hydrogen (secondary N) is 3. The summed E-state index contributed by atoms with van der Waals surface area (Å²) in [5.74, 6) is -0.285. The molecule has 0 atom stereocenters. The molecule has 3 heterocycles. The van der Waals surface area contributed by atoms with E-state index in [1.807, 2.05) is 55.5 Å². The minimum absolute atomic E-state index is 0.285. The van der Waals surface area contributed by atoms with E-state index in [0.717, 1.165) is 71.2 Å². The number of carbonyl (C=O) groups is 1. The number of rotatable bonds is 10. The molecule has 0 radical (unpaired) electrons. The molecule has 1 fully saturated rings. The van der Waals surface area contributed by atoms with Crippen molar-refractivity contribution in [2.45, 2.75) is 6.92 Å². The first kappa shape index (κ1) is 27.5. The molecule has 9 nitrogen and oxygen atoms in total. The third-order valence-corrected chi connectivity index (χ3v) is 6.70. The number of hydrogen-bond acceptors (Lipinski definition) is 8. The van der Waals surface area contributed by atoms with Crippen LogP contribution in [0.1, 0.15) is 17.4 Å². The van der Waals surface area contributed by atoms with E-state index in [1.165, 1.54) is 0 Å². The second-order valence-corrected chi connectivity index (χ2v) is 9.70. The molecule has 1 saturated heterocycles. The van der Waals surface area contributed by atoms with Crippen LogP contribution in [0.5, 0.6) is 0 Å². The van der Waals surface area contributed by atoms with Gasteiger partial charge in [-0.25, -0.2) is 4.98 Å². The average Bonchev–Trinajstić information content (AvgIpc) is 3.01. The van der Waals surface area contributed by atoms with Gasteiger partial charge in [-0.15, -0.1) is 0 Å². The van der Waals surface area contributed by atoms with Crippen LogP contribution in [-0.2, 0) is 4.74 Å². The minimum Gasteiger partial charge on any atom is -0.381 e. The largest absolute Gasteiger partial charge is 0.381 e. The average molecular weight is 548 g/mol. The predicted octanol–water partition coefficient (Wildman–Crippen LogP) is 6.03. The summed E-state index contributed by atoms with van der Waals surface area (Å²) in [6.45, 7) is 13.2. The number of ether oxygens (including phenoxy) is 1. The Hall–Kier alpha value is -5.02. The fourth-order valence-corrected chi connectivity index (χ4v) is 4.49. The minimum atomic E-state index is -0.285. The normalized spacial score (nSPS) is 13.5. The molecule has 1 aliphatic heterocycles. The lowest BCUT2D eigenvalue weighted by molar-refractivity contribution is 0.102. The van der Waals surface area contributed by atoms with E-state index in [1.54, 1.807) is 18.5 Å². The van der Waals surface area contributed by atoms with Crippen molar-refractivity contribution < 1.29 is 9.53 Å². The monoisotopic (exact) mass is 547 g/mol. The number of benzene rings is 2. The maximum atomic E-state index is 12.8. The molecule has 1 aliphatic rings. The van der Waals surface area contributed by atoms with Crippen LogP contribution in [-0.4, -0.2) is 55.4 Å². The van der Waals surface area contributed by atoms with Gasteiger partial charge in [-0.3, -0.25) is 14.8 Å². The number of aliphatic imine (C=N–C) groups is 1. The molecule has 0 spiro atoms. The molecule has 2 aromatic carbocycles. The zero-order valence-electron chi connectivity index (χ0n) is 23.1. The number of pyridine rings is 2. The van der Waals surface area contributed by atoms with Gasteiger partial charge in [-0.05, 0) is 86.0 Å². The molecule has 0 saturated carbocycles. The SMILES string of the molecule is C=N/C(C)=C\C(=C)CNc1ccc(NC(=O)c2ccc(Nc3ccnc4ccc(N5CCOCC5)cc34)cn2)cc1. The van der Waals surface area contributed by atoms with Gasteiger partial charge >= 0.3 is 0 Å². The molecule has 41 heavy (non-hydrogen) atoms. The van der Waals surface area contributed by atoms with Crippen LogP contribution in [0.25, 0.3) is 10.9 Å². The van der Waals surface area contributed by atoms with Crippen LogP contribution >= 0.6 is 0 Å². The van der Waals surface area contributed by atoms with Gasteiger partial charge in [-0.2, -0.15) is 0 Å². The highest BCUT2D eigenvalue weighted by atomic mass is 16.5. The first-order chi connectivity index (χ1) is 20.0. The number of allylic oxidation sites excluding steroid dienone is 1. The Labute approximate surface area is 239 Å². The molecule has 3 N–H and O–H groups in total. The van der Waals surface area contributed by atoms with E-state index < -0.39 is 0 Å². The lowest BCUT2D eigenvalue weighted by Gasteiger charge is -2.29. The number of fused-ring (bicyclic) bond motifs is 1. The smallest absolute Gasteiger partial charge is 0.274 e. The van der Waals surface area contributed by atoms with E-state index in [9.17, 15) is 4.79 Å². The molecule has 1 amide bonds. The van der Waals surface area contributed by atoms with E-state index >= 15 is 0 Å². The number of carbonyl (C=O) groups excluding carboxylic acids is 1. The van der Waals surface area contributed by atoms with Gasteiger partial charge in [0.05, 0.1) is 30.6 Å². The molecule has 208 valence electrons. The summed E-state index contributed by atoms with van der Waals surface area (Å²) in [6, 6.07) is 19.3. The molecule has 4 aromatic rings. The lowest BCUT2D eigenvalue weighted by Crippen LogP contribution is -2.36. The highest BCUT2D eigenvalue weighted by Crippen LogP contribution is 2.29. The number of hydrogen-bond donors (Lipinski definition) is 3. The molecule has 5 rings (SSSR count). The zero-order chi connectivity index (χ0) is 28.6. The van der Waals surface area contributed by atoms with Gasteiger partial charge in [0.1, 0.15) is 5.69 Å². The molecule has 0 aliphatic carbocycles. The van der Waals surface area contributed by atoms with Crippen LogP contribution in [0.15, 0.2) is 102 Å². The fraction of sp³-hybridized carbons (Fsp3) is 0.188. The van der Waals surface area contributed by atoms with Crippen molar-refractivity contribution in [1.82, 2.24) is 9.97 Å². The second-order valence-electron chi connectivity index (χ2n) is 9.70. The maximum Gasteiger partial charge on any atom is 0.274 e. The van der Waals surface area contributed by atoms with Crippen LogP contribution in [0.3, 0.4) is 0 Å². The fourth-order valence-electron chi connectivity index (χ4n) is 4.49. The first-order valence-electron chi connectivity index (χ1n) is 13.4. The third-order valence-electron chi connectivity index (χ3n) is 6.70. The van der Waals surface area contributed by atoms with Gasteiger partial charge in [0.25, 0.3) is 5.91 Å². The predicted molar refractivity (Wildman–Crippen MR) is 168 cm³/mol. The van der Waals surface area contributed by atoms with E-state index in [0.29, 0.717) is 17.9 Å². The lowest BCUT2D eigenvalue weighted by atomic mass is 10.1. The standard InChI is InChI=1S/C32H33N7O2/c1-22(18-23(2)33-3)20-35-24-4-6-25(7-5-24)38-32(40)31-10-8-26(21-36-31)37-30-12-13-34-29-11-9-27(19-28(29)30)39-14-16-41-17-15-39/h4-13,18-19,21,35H,1,3,14-17,20H2,2H3,(H,34,37)(H,38,40)/b23-18-.